The number of rotatable bonds is 12. The first-order valence-corrected chi connectivity index (χ1v) is 7.25. The van der Waals surface area contributed by atoms with Crippen LogP contribution in [0.2, 0.25) is 0 Å². The van der Waals surface area contributed by atoms with Gasteiger partial charge in [-0.15, -0.1) is 0 Å². The van der Waals surface area contributed by atoms with Gasteiger partial charge in [0.25, 0.3) is 0 Å². The maximum absolute atomic E-state index is 11.4. The van der Waals surface area contributed by atoms with Gasteiger partial charge in [0.1, 0.15) is 19.3 Å². The van der Waals surface area contributed by atoms with Gasteiger partial charge in [0.2, 0.25) is 5.91 Å². The number of hydrazine groups is 1. The number of nitrogens with one attached hydrogen (secondary N) is 1. The third-order valence-electron chi connectivity index (χ3n) is 3.10. The van der Waals surface area contributed by atoms with E-state index in [2.05, 4.69) is 5.43 Å². The summed E-state index contributed by atoms with van der Waals surface area (Å²) in [6.45, 7) is -0.415. The lowest BCUT2D eigenvalue weighted by Gasteiger charge is -2.28. The van der Waals surface area contributed by atoms with Crippen LogP contribution in [0.15, 0.2) is 30.3 Å². The molecule has 0 radical (unpaired) electrons. The van der Waals surface area contributed by atoms with Gasteiger partial charge in [-0.05, 0) is 12.0 Å². The van der Waals surface area contributed by atoms with Crippen molar-refractivity contribution in [2.45, 2.75) is 25.5 Å². The number of carbonyl (C=O) groups excluding carboxylic acids is 1. The number of ether oxygens (including phenoxy) is 1. The Labute approximate surface area is 139 Å². The van der Waals surface area contributed by atoms with Gasteiger partial charge in [-0.2, -0.15) is 0 Å². The highest BCUT2D eigenvalue weighted by Crippen LogP contribution is 2.07. The second-order valence-electron chi connectivity index (χ2n) is 5.02. The van der Waals surface area contributed by atoms with Gasteiger partial charge in [-0.25, -0.2) is 10.4 Å². The van der Waals surface area contributed by atoms with Crippen LogP contribution < -0.4 is 11.2 Å². The summed E-state index contributed by atoms with van der Waals surface area (Å²) in [4.78, 5) is 33.0. The summed E-state index contributed by atoms with van der Waals surface area (Å²) in [7, 11) is 0. The molecule has 1 aromatic carbocycles. The van der Waals surface area contributed by atoms with E-state index >= 15 is 0 Å². The first kappa shape index (κ1) is 19.6. The molecule has 9 nitrogen and oxygen atoms in total. The van der Waals surface area contributed by atoms with E-state index in [9.17, 15) is 19.5 Å². The standard InChI is InChI=1S/C15H21N3O6/c16-13(19)7-6-12(15(22)23)18(17-8-14(20)21)10-24-9-11-4-2-1-3-5-11/h1-5,12,17H,6-10H2,(H2,16,19)(H,20,21)(H,22,23)/t12-/m0/s1. The fraction of sp³-hybridized carbons (Fsp3) is 0.400. The largest absolute Gasteiger partial charge is 0.480 e. The fourth-order valence-electron chi connectivity index (χ4n) is 1.94. The lowest BCUT2D eigenvalue weighted by molar-refractivity contribution is -0.152. The number of nitrogens with two attached hydrogens (primary N) is 1. The second-order valence-corrected chi connectivity index (χ2v) is 5.02. The number of primary amides is 1. The normalized spacial score (nSPS) is 12.0. The molecule has 0 fully saturated rings. The Morgan fingerprint density at radius 1 is 1.21 bits per heavy atom. The summed E-state index contributed by atoms with van der Waals surface area (Å²) in [6.07, 6.45) is -0.202. The molecular formula is C15H21N3O6. The SMILES string of the molecule is NC(=O)CC[C@@H](C(=O)O)N(COCc1ccccc1)NCC(=O)O. The van der Waals surface area contributed by atoms with E-state index in [1.54, 1.807) is 0 Å². The molecule has 0 unspecified atom stereocenters. The molecule has 132 valence electrons. The van der Waals surface area contributed by atoms with Crippen LogP contribution in [0.1, 0.15) is 18.4 Å². The molecule has 0 bridgehead atoms. The molecule has 1 rings (SSSR count). The highest BCUT2D eigenvalue weighted by molar-refractivity contribution is 5.77. The van der Waals surface area contributed by atoms with Crippen LogP contribution in [-0.2, 0) is 25.7 Å². The zero-order chi connectivity index (χ0) is 17.9. The third kappa shape index (κ3) is 7.68. The van der Waals surface area contributed by atoms with Gasteiger partial charge in [0.15, 0.2) is 0 Å². The first-order valence-electron chi connectivity index (χ1n) is 7.25. The number of hydrogen-bond donors (Lipinski definition) is 4. The predicted octanol–water partition coefficient (Wildman–Crippen LogP) is -0.229. The maximum atomic E-state index is 11.4. The van der Waals surface area contributed by atoms with Crippen LogP contribution in [0.25, 0.3) is 0 Å². The molecule has 0 saturated carbocycles. The van der Waals surface area contributed by atoms with Crippen LogP contribution in [-0.4, -0.2) is 52.4 Å². The molecule has 1 aromatic rings. The van der Waals surface area contributed by atoms with Crippen molar-refractivity contribution in [2.75, 3.05) is 13.3 Å². The zero-order valence-corrected chi connectivity index (χ0v) is 13.1. The number of hydrogen-bond acceptors (Lipinski definition) is 6. The quantitative estimate of drug-likeness (QED) is 0.302. The molecule has 0 saturated heterocycles. The number of benzene rings is 1. The monoisotopic (exact) mass is 339 g/mol. The Morgan fingerprint density at radius 3 is 2.42 bits per heavy atom. The molecule has 0 spiro atoms. The van der Waals surface area contributed by atoms with Crippen LogP contribution in [0.4, 0.5) is 0 Å². The summed E-state index contributed by atoms with van der Waals surface area (Å²) in [5.41, 5.74) is 8.42. The average Bonchev–Trinajstić information content (AvgIpc) is 2.52. The smallest absolute Gasteiger partial charge is 0.322 e. The Balaban J connectivity index is 2.66. The van der Waals surface area contributed by atoms with Crippen LogP contribution in [0, 0.1) is 0 Å². The summed E-state index contributed by atoms with van der Waals surface area (Å²) >= 11 is 0. The molecular weight excluding hydrogens is 318 g/mol. The molecule has 0 aliphatic rings. The van der Waals surface area contributed by atoms with Crippen molar-refractivity contribution in [3.05, 3.63) is 35.9 Å². The Hall–Kier alpha value is -2.49. The van der Waals surface area contributed by atoms with Gasteiger partial charge < -0.3 is 20.7 Å². The van der Waals surface area contributed by atoms with Crippen molar-refractivity contribution in [1.82, 2.24) is 10.4 Å². The minimum absolute atomic E-state index is 0.0635. The van der Waals surface area contributed by atoms with E-state index in [1.165, 1.54) is 0 Å². The van der Waals surface area contributed by atoms with Gasteiger partial charge in [0.05, 0.1) is 6.61 Å². The Morgan fingerprint density at radius 2 is 1.88 bits per heavy atom. The highest BCUT2D eigenvalue weighted by atomic mass is 16.5. The molecule has 0 aliphatic carbocycles. The van der Waals surface area contributed by atoms with E-state index < -0.39 is 30.4 Å². The van der Waals surface area contributed by atoms with Crippen molar-refractivity contribution in [3.8, 4) is 0 Å². The van der Waals surface area contributed by atoms with Crippen LogP contribution in [0.3, 0.4) is 0 Å². The summed E-state index contributed by atoms with van der Waals surface area (Å²) in [5, 5.41) is 19.2. The number of aliphatic carboxylic acids is 2. The molecule has 9 heteroatoms. The van der Waals surface area contributed by atoms with E-state index in [4.69, 9.17) is 15.6 Å². The zero-order valence-electron chi connectivity index (χ0n) is 13.1. The minimum Gasteiger partial charge on any atom is -0.480 e. The second kappa shape index (κ2) is 10.3. The lowest BCUT2D eigenvalue weighted by atomic mass is 10.1. The predicted molar refractivity (Wildman–Crippen MR) is 83.4 cm³/mol. The lowest BCUT2D eigenvalue weighted by Crippen LogP contribution is -2.52. The van der Waals surface area contributed by atoms with Crippen LogP contribution >= 0.6 is 0 Å². The van der Waals surface area contributed by atoms with Crippen LogP contribution in [0.5, 0.6) is 0 Å². The molecule has 1 atom stereocenters. The van der Waals surface area contributed by atoms with E-state index in [1.807, 2.05) is 30.3 Å². The molecule has 5 N–H and O–H groups in total. The van der Waals surface area contributed by atoms with E-state index in [-0.39, 0.29) is 26.2 Å². The summed E-state index contributed by atoms with van der Waals surface area (Å²) < 4.78 is 5.44. The van der Waals surface area contributed by atoms with Gasteiger partial charge >= 0.3 is 11.9 Å². The van der Waals surface area contributed by atoms with E-state index in [0.717, 1.165) is 10.6 Å². The Kier molecular flexibility index (Phi) is 8.41. The molecule has 24 heavy (non-hydrogen) atoms. The van der Waals surface area contributed by atoms with Gasteiger partial charge in [-0.1, -0.05) is 30.3 Å². The number of carboxylic acid groups (broad SMARTS) is 2. The molecule has 0 heterocycles. The van der Waals surface area contributed by atoms with Gasteiger partial charge in [-0.3, -0.25) is 14.4 Å². The minimum atomic E-state index is -1.21. The topological polar surface area (TPSA) is 142 Å². The van der Waals surface area contributed by atoms with Crippen molar-refractivity contribution in [1.29, 1.82) is 0 Å². The highest BCUT2D eigenvalue weighted by Gasteiger charge is 2.26. The number of carbonyl (C=O) groups is 3. The fourth-order valence-corrected chi connectivity index (χ4v) is 1.94. The van der Waals surface area contributed by atoms with Crippen molar-refractivity contribution in [3.63, 3.8) is 0 Å². The van der Waals surface area contributed by atoms with Crippen molar-refractivity contribution >= 4 is 17.8 Å². The summed E-state index contributed by atoms with van der Waals surface area (Å²) in [5.74, 6) is -3.00. The average molecular weight is 339 g/mol. The number of nitrogens with zero attached hydrogens (tertiary/aromatic N) is 1. The molecule has 1 amide bonds. The maximum Gasteiger partial charge on any atom is 0.322 e. The third-order valence-corrected chi connectivity index (χ3v) is 3.10. The van der Waals surface area contributed by atoms with E-state index in [0.29, 0.717) is 0 Å². The first-order chi connectivity index (χ1) is 11.4. The molecule has 0 aromatic heterocycles. The molecule has 0 aliphatic heterocycles. The van der Waals surface area contributed by atoms with Gasteiger partial charge in [0, 0.05) is 6.42 Å². The van der Waals surface area contributed by atoms with Crippen molar-refractivity contribution in [2.24, 2.45) is 5.73 Å². The Bertz CT molecular complexity index is 551. The number of carboxylic acids is 2. The summed E-state index contributed by atoms with van der Waals surface area (Å²) in [6, 6.07) is 8.08. The number of amides is 1. The van der Waals surface area contributed by atoms with Crippen molar-refractivity contribution < 1.29 is 29.3 Å².